The third kappa shape index (κ3) is 4.91. The highest BCUT2D eigenvalue weighted by molar-refractivity contribution is 5.86. The van der Waals surface area contributed by atoms with E-state index >= 15 is 0 Å². The summed E-state index contributed by atoms with van der Waals surface area (Å²) in [4.78, 5) is 22.8. The van der Waals surface area contributed by atoms with Crippen molar-refractivity contribution in [2.75, 3.05) is 13.4 Å². The minimum absolute atomic E-state index is 0.177. The molecule has 22 heavy (non-hydrogen) atoms. The number of rotatable bonds is 7. The average Bonchev–Trinajstić information content (AvgIpc) is 2.46. The van der Waals surface area contributed by atoms with Gasteiger partial charge in [-0.15, -0.1) is 0 Å². The normalized spacial score (nSPS) is 10.0. The first-order valence-corrected chi connectivity index (χ1v) is 7.07. The lowest BCUT2D eigenvalue weighted by molar-refractivity contribution is -0.145. The summed E-state index contributed by atoms with van der Waals surface area (Å²) in [6.07, 6.45) is 0.228. The molecule has 0 N–H and O–H groups in total. The molecule has 0 aliphatic heterocycles. The fourth-order valence-electron chi connectivity index (χ4n) is 1.84. The SMILES string of the molecule is C=C(C)C(=O)OCOc1ccc(CC(=O)OCC)c(C)c1C. The summed E-state index contributed by atoms with van der Waals surface area (Å²) < 4.78 is 15.3. The number of esters is 2. The molecule has 1 rings (SSSR count). The molecule has 0 bridgehead atoms. The summed E-state index contributed by atoms with van der Waals surface area (Å²) in [6, 6.07) is 3.57. The van der Waals surface area contributed by atoms with Crippen LogP contribution in [0.4, 0.5) is 0 Å². The Balaban J connectivity index is 2.71. The molecular weight excluding hydrogens is 284 g/mol. The first kappa shape index (κ1) is 17.8. The molecule has 5 nitrogen and oxygen atoms in total. The third-order valence-corrected chi connectivity index (χ3v) is 3.24. The average molecular weight is 306 g/mol. The summed E-state index contributed by atoms with van der Waals surface area (Å²) in [5, 5.41) is 0. The quantitative estimate of drug-likeness (QED) is 0.440. The highest BCUT2D eigenvalue weighted by atomic mass is 16.7. The molecule has 0 aliphatic rings. The first-order valence-electron chi connectivity index (χ1n) is 7.07. The van der Waals surface area contributed by atoms with Gasteiger partial charge in [0, 0.05) is 5.57 Å². The van der Waals surface area contributed by atoms with E-state index in [1.165, 1.54) is 0 Å². The van der Waals surface area contributed by atoms with Crippen molar-refractivity contribution in [1.29, 1.82) is 0 Å². The smallest absolute Gasteiger partial charge is 0.335 e. The Hall–Kier alpha value is -2.30. The van der Waals surface area contributed by atoms with E-state index < -0.39 is 5.97 Å². The van der Waals surface area contributed by atoms with E-state index in [1.54, 1.807) is 19.9 Å². The fraction of sp³-hybridized carbons (Fsp3) is 0.412. The zero-order valence-corrected chi connectivity index (χ0v) is 13.5. The number of hydrogen-bond donors (Lipinski definition) is 0. The van der Waals surface area contributed by atoms with Crippen LogP contribution in [0.1, 0.15) is 30.5 Å². The van der Waals surface area contributed by atoms with Crippen molar-refractivity contribution < 1.29 is 23.8 Å². The van der Waals surface area contributed by atoms with E-state index in [0.717, 1.165) is 16.7 Å². The molecule has 0 aliphatic carbocycles. The number of carbonyl (C=O) groups is 2. The minimum Gasteiger partial charge on any atom is -0.466 e. The van der Waals surface area contributed by atoms with Crippen LogP contribution in [0.3, 0.4) is 0 Å². The largest absolute Gasteiger partial charge is 0.466 e. The highest BCUT2D eigenvalue weighted by Crippen LogP contribution is 2.25. The van der Waals surface area contributed by atoms with Crippen LogP contribution in [0.25, 0.3) is 0 Å². The van der Waals surface area contributed by atoms with Crippen LogP contribution in [0.5, 0.6) is 5.75 Å². The van der Waals surface area contributed by atoms with E-state index in [-0.39, 0.29) is 19.2 Å². The summed E-state index contributed by atoms with van der Waals surface area (Å²) >= 11 is 0. The van der Waals surface area contributed by atoms with Crippen molar-refractivity contribution >= 4 is 11.9 Å². The summed E-state index contributed by atoms with van der Waals surface area (Å²) in [7, 11) is 0. The van der Waals surface area contributed by atoms with Crippen LogP contribution in [-0.2, 0) is 25.5 Å². The van der Waals surface area contributed by atoms with Crippen LogP contribution in [-0.4, -0.2) is 25.3 Å². The Morgan fingerprint density at radius 2 is 1.82 bits per heavy atom. The second-order valence-electron chi connectivity index (χ2n) is 4.93. The van der Waals surface area contributed by atoms with Crippen LogP contribution < -0.4 is 4.74 Å². The maximum atomic E-state index is 11.6. The molecule has 0 aromatic heterocycles. The van der Waals surface area contributed by atoms with E-state index in [4.69, 9.17) is 14.2 Å². The van der Waals surface area contributed by atoms with Crippen molar-refractivity contribution in [3.8, 4) is 5.75 Å². The molecule has 5 heteroatoms. The number of ether oxygens (including phenoxy) is 3. The van der Waals surface area contributed by atoms with Crippen molar-refractivity contribution in [3.63, 3.8) is 0 Å². The molecule has 0 radical (unpaired) electrons. The van der Waals surface area contributed by atoms with E-state index in [9.17, 15) is 9.59 Å². The van der Waals surface area contributed by atoms with Crippen molar-refractivity contribution in [2.24, 2.45) is 0 Å². The van der Waals surface area contributed by atoms with Gasteiger partial charge in [0.1, 0.15) is 5.75 Å². The van der Waals surface area contributed by atoms with Gasteiger partial charge in [0.2, 0.25) is 6.79 Å². The molecule has 0 fully saturated rings. The Kier molecular flexibility index (Phi) is 6.63. The van der Waals surface area contributed by atoms with Gasteiger partial charge in [-0.05, 0) is 50.5 Å². The third-order valence-electron chi connectivity index (χ3n) is 3.24. The standard InChI is InChI=1S/C17H22O5/c1-6-20-16(18)9-14-7-8-15(13(5)12(14)4)21-10-22-17(19)11(2)3/h7-8H,2,6,9-10H2,1,3-5H3. The molecule has 1 aromatic rings. The predicted octanol–water partition coefficient (Wildman–Crippen LogP) is 2.86. The van der Waals surface area contributed by atoms with Gasteiger partial charge in [-0.1, -0.05) is 12.6 Å². The van der Waals surface area contributed by atoms with Crippen LogP contribution >= 0.6 is 0 Å². The highest BCUT2D eigenvalue weighted by Gasteiger charge is 2.12. The topological polar surface area (TPSA) is 61.8 Å². The molecule has 0 unspecified atom stereocenters. The molecule has 1 aromatic carbocycles. The lowest BCUT2D eigenvalue weighted by Crippen LogP contribution is -2.12. The van der Waals surface area contributed by atoms with Gasteiger partial charge in [-0.2, -0.15) is 0 Å². The maximum absolute atomic E-state index is 11.6. The number of carbonyl (C=O) groups excluding carboxylic acids is 2. The van der Waals surface area contributed by atoms with Crippen molar-refractivity contribution in [1.82, 2.24) is 0 Å². The minimum atomic E-state index is -0.492. The lowest BCUT2D eigenvalue weighted by Gasteiger charge is -2.14. The Bertz CT molecular complexity index is 575. The number of benzene rings is 1. The summed E-state index contributed by atoms with van der Waals surface area (Å²) in [5.41, 5.74) is 3.06. The molecule has 0 amide bonds. The first-order chi connectivity index (χ1) is 10.4. The van der Waals surface area contributed by atoms with Gasteiger partial charge in [-0.3, -0.25) is 4.79 Å². The molecule has 120 valence electrons. The molecule has 0 atom stereocenters. The maximum Gasteiger partial charge on any atom is 0.335 e. The fourth-order valence-corrected chi connectivity index (χ4v) is 1.84. The van der Waals surface area contributed by atoms with E-state index in [2.05, 4.69) is 6.58 Å². The predicted molar refractivity (Wildman–Crippen MR) is 82.7 cm³/mol. The summed E-state index contributed by atoms with van der Waals surface area (Å²) in [6.45, 7) is 10.8. The Labute approximate surface area is 130 Å². The van der Waals surface area contributed by atoms with Gasteiger partial charge >= 0.3 is 11.9 Å². The van der Waals surface area contributed by atoms with Gasteiger partial charge in [0.05, 0.1) is 13.0 Å². The van der Waals surface area contributed by atoms with Crippen LogP contribution in [0.2, 0.25) is 0 Å². The van der Waals surface area contributed by atoms with Crippen LogP contribution in [0, 0.1) is 13.8 Å². The second-order valence-corrected chi connectivity index (χ2v) is 4.93. The van der Waals surface area contributed by atoms with Gasteiger partial charge in [0.25, 0.3) is 0 Å². The molecule has 0 heterocycles. The zero-order chi connectivity index (χ0) is 16.7. The molecule has 0 saturated carbocycles. The summed E-state index contributed by atoms with van der Waals surface area (Å²) in [5.74, 6) is -0.137. The van der Waals surface area contributed by atoms with E-state index in [1.807, 2.05) is 19.9 Å². The molecular formula is C17H22O5. The number of hydrogen-bond acceptors (Lipinski definition) is 5. The van der Waals surface area contributed by atoms with E-state index in [0.29, 0.717) is 17.9 Å². The van der Waals surface area contributed by atoms with Crippen molar-refractivity contribution in [2.45, 2.75) is 34.1 Å². The van der Waals surface area contributed by atoms with Gasteiger partial charge < -0.3 is 14.2 Å². The zero-order valence-electron chi connectivity index (χ0n) is 13.5. The second kappa shape index (κ2) is 8.22. The van der Waals surface area contributed by atoms with Gasteiger partial charge in [0.15, 0.2) is 0 Å². The van der Waals surface area contributed by atoms with Crippen LogP contribution in [0.15, 0.2) is 24.3 Å². The van der Waals surface area contributed by atoms with Gasteiger partial charge in [-0.25, -0.2) is 4.79 Å². The molecule has 0 spiro atoms. The molecule has 0 saturated heterocycles. The monoisotopic (exact) mass is 306 g/mol. The van der Waals surface area contributed by atoms with Crippen molar-refractivity contribution in [3.05, 3.63) is 41.0 Å². The Morgan fingerprint density at radius 1 is 1.14 bits per heavy atom. The lowest BCUT2D eigenvalue weighted by atomic mass is 10.00. The Morgan fingerprint density at radius 3 is 2.41 bits per heavy atom.